The highest BCUT2D eigenvalue weighted by atomic mass is 35.5. The Morgan fingerprint density at radius 1 is 1.19 bits per heavy atom. The maximum atomic E-state index is 12.6. The zero-order chi connectivity index (χ0) is 18.9. The molecule has 2 atom stereocenters. The van der Waals surface area contributed by atoms with Crippen LogP contribution in [0.5, 0.6) is 5.75 Å². The van der Waals surface area contributed by atoms with E-state index in [1.165, 1.54) is 0 Å². The summed E-state index contributed by atoms with van der Waals surface area (Å²) in [6.07, 6.45) is 3.15. The molecule has 1 saturated heterocycles. The molecule has 26 heavy (non-hydrogen) atoms. The van der Waals surface area contributed by atoms with Crippen LogP contribution in [0.2, 0.25) is 5.02 Å². The number of esters is 1. The van der Waals surface area contributed by atoms with Crippen molar-refractivity contribution in [1.82, 2.24) is 4.90 Å². The number of fused-ring (bicyclic) bond motifs is 2. The van der Waals surface area contributed by atoms with Crippen molar-refractivity contribution in [1.29, 1.82) is 0 Å². The van der Waals surface area contributed by atoms with Gasteiger partial charge in [-0.25, -0.2) is 4.79 Å². The Bertz CT molecular complexity index is 705. The topological polar surface area (TPSA) is 55.8 Å². The molecule has 2 fully saturated rings. The summed E-state index contributed by atoms with van der Waals surface area (Å²) in [5.74, 6) is -0.282. The van der Waals surface area contributed by atoms with E-state index in [-0.39, 0.29) is 36.0 Å². The Hall–Kier alpha value is -1.75. The van der Waals surface area contributed by atoms with Gasteiger partial charge in [0.2, 0.25) is 0 Å². The summed E-state index contributed by atoms with van der Waals surface area (Å²) in [5.41, 5.74) is 0.408. The second-order valence-electron chi connectivity index (χ2n) is 8.62. The molecule has 0 aromatic heterocycles. The van der Waals surface area contributed by atoms with Gasteiger partial charge in [0.05, 0.1) is 5.02 Å². The average Bonchev–Trinajstić information content (AvgIpc) is 2.80. The van der Waals surface area contributed by atoms with Crippen LogP contribution >= 0.6 is 11.6 Å². The summed E-state index contributed by atoms with van der Waals surface area (Å²) in [5, 5.41) is 0.427. The molecule has 0 N–H and O–H groups in total. The minimum absolute atomic E-state index is 0.123. The Balaban J connectivity index is 1.48. The third-order valence-corrected chi connectivity index (χ3v) is 5.59. The van der Waals surface area contributed by atoms with Gasteiger partial charge in [-0.3, -0.25) is 4.79 Å². The number of likely N-dealkylation sites (tertiary alicyclic amines) is 1. The van der Waals surface area contributed by atoms with E-state index in [9.17, 15) is 9.59 Å². The van der Waals surface area contributed by atoms with Crippen molar-refractivity contribution in [3.8, 4) is 5.75 Å². The predicted molar refractivity (Wildman–Crippen MR) is 99.1 cm³/mol. The van der Waals surface area contributed by atoms with Crippen LogP contribution in [0, 0.1) is 10.8 Å². The molecular weight excluding hydrogens is 354 g/mol. The molecule has 1 heterocycles. The maximum absolute atomic E-state index is 12.6. The van der Waals surface area contributed by atoms with Gasteiger partial charge in [-0.2, -0.15) is 0 Å². The fraction of sp³-hybridized carbons (Fsp3) is 0.600. The van der Waals surface area contributed by atoms with Gasteiger partial charge in [-0.15, -0.1) is 0 Å². The third kappa shape index (κ3) is 4.32. The molecular formula is C20H26ClNO4. The molecule has 1 aromatic rings. The zero-order valence-corrected chi connectivity index (χ0v) is 16.3. The van der Waals surface area contributed by atoms with E-state index in [1.807, 2.05) is 4.90 Å². The number of amides is 1. The molecule has 2 aliphatic rings. The lowest BCUT2D eigenvalue weighted by molar-refractivity contribution is -0.154. The Morgan fingerprint density at radius 3 is 2.65 bits per heavy atom. The number of carbonyl (C=O) groups is 2. The maximum Gasteiger partial charge on any atom is 0.344 e. The lowest BCUT2D eigenvalue weighted by Crippen LogP contribution is -2.40. The third-order valence-electron chi connectivity index (χ3n) is 5.27. The van der Waals surface area contributed by atoms with Crippen LogP contribution in [-0.2, 0) is 14.3 Å². The molecule has 5 nitrogen and oxygen atoms in total. The lowest BCUT2D eigenvalue weighted by Gasteiger charge is -2.39. The fourth-order valence-electron chi connectivity index (χ4n) is 4.72. The largest absolute Gasteiger partial charge is 0.480 e. The van der Waals surface area contributed by atoms with Crippen molar-refractivity contribution in [2.24, 2.45) is 10.8 Å². The molecule has 142 valence electrons. The van der Waals surface area contributed by atoms with Crippen molar-refractivity contribution < 1.29 is 19.1 Å². The summed E-state index contributed by atoms with van der Waals surface area (Å²) in [6, 6.07) is 7.14. The SMILES string of the molecule is CC1(C)C[C@@H]2C[C@@](C)(CN2C(=O)COC(=O)COc2ccccc2Cl)C1. The van der Waals surface area contributed by atoms with Crippen LogP contribution in [0.25, 0.3) is 0 Å². The highest BCUT2D eigenvalue weighted by molar-refractivity contribution is 6.32. The van der Waals surface area contributed by atoms with E-state index < -0.39 is 5.97 Å². The van der Waals surface area contributed by atoms with Crippen LogP contribution < -0.4 is 4.74 Å². The number of nitrogens with zero attached hydrogens (tertiary/aromatic N) is 1. The first-order chi connectivity index (χ1) is 12.2. The predicted octanol–water partition coefficient (Wildman–Crippen LogP) is 3.69. The van der Waals surface area contributed by atoms with Crippen molar-refractivity contribution in [3.63, 3.8) is 0 Å². The van der Waals surface area contributed by atoms with E-state index >= 15 is 0 Å². The molecule has 1 aromatic carbocycles. The minimum atomic E-state index is -0.577. The fourth-order valence-corrected chi connectivity index (χ4v) is 4.91. The minimum Gasteiger partial charge on any atom is -0.480 e. The van der Waals surface area contributed by atoms with Crippen molar-refractivity contribution in [2.45, 2.75) is 46.1 Å². The molecule has 0 unspecified atom stereocenters. The van der Waals surface area contributed by atoms with E-state index in [2.05, 4.69) is 20.8 Å². The van der Waals surface area contributed by atoms with E-state index in [4.69, 9.17) is 21.1 Å². The van der Waals surface area contributed by atoms with Crippen LogP contribution in [0.4, 0.5) is 0 Å². The molecule has 1 saturated carbocycles. The first-order valence-electron chi connectivity index (χ1n) is 9.00. The monoisotopic (exact) mass is 379 g/mol. The number of carbonyl (C=O) groups excluding carboxylic acids is 2. The van der Waals surface area contributed by atoms with Crippen molar-refractivity contribution >= 4 is 23.5 Å². The smallest absolute Gasteiger partial charge is 0.344 e. The standard InChI is InChI=1S/C20H26ClNO4/c1-19(2)8-14-9-20(3,12-19)13-22(14)17(23)10-26-18(24)11-25-16-7-5-4-6-15(16)21/h4-7,14H,8-13H2,1-3H3/t14-,20-/m1/s1. The second-order valence-corrected chi connectivity index (χ2v) is 9.02. The van der Waals surface area contributed by atoms with E-state index in [0.29, 0.717) is 10.8 Å². The van der Waals surface area contributed by atoms with Crippen molar-refractivity contribution in [3.05, 3.63) is 29.3 Å². The molecule has 1 aliphatic heterocycles. The van der Waals surface area contributed by atoms with Crippen molar-refractivity contribution in [2.75, 3.05) is 19.8 Å². The Kier molecular flexibility index (Phi) is 5.20. The van der Waals surface area contributed by atoms with Gasteiger partial charge in [-0.1, -0.05) is 44.5 Å². The number of rotatable bonds is 5. The second kappa shape index (κ2) is 7.10. The van der Waals surface area contributed by atoms with Gasteiger partial charge in [0, 0.05) is 12.6 Å². The normalized spacial score (nSPS) is 26.5. The molecule has 1 aliphatic carbocycles. The van der Waals surface area contributed by atoms with E-state index in [0.717, 1.165) is 25.8 Å². The molecule has 1 amide bonds. The van der Waals surface area contributed by atoms with Gasteiger partial charge in [0.25, 0.3) is 5.91 Å². The zero-order valence-electron chi connectivity index (χ0n) is 15.6. The van der Waals surface area contributed by atoms with Crippen LogP contribution in [0.15, 0.2) is 24.3 Å². The summed E-state index contributed by atoms with van der Waals surface area (Å²) in [6.45, 7) is 7.00. The summed E-state index contributed by atoms with van der Waals surface area (Å²) < 4.78 is 10.5. The van der Waals surface area contributed by atoms with Gasteiger partial charge in [0.1, 0.15) is 5.75 Å². The van der Waals surface area contributed by atoms with Gasteiger partial charge in [0.15, 0.2) is 13.2 Å². The van der Waals surface area contributed by atoms with Gasteiger partial charge >= 0.3 is 5.97 Å². The molecule has 2 bridgehead atoms. The summed E-state index contributed by atoms with van der Waals surface area (Å²) >= 11 is 5.97. The summed E-state index contributed by atoms with van der Waals surface area (Å²) in [7, 11) is 0. The molecule has 0 radical (unpaired) electrons. The molecule has 3 rings (SSSR count). The molecule has 6 heteroatoms. The number of halogens is 1. The summed E-state index contributed by atoms with van der Waals surface area (Å²) in [4.78, 5) is 26.3. The first kappa shape index (κ1) is 19.0. The Labute approximate surface area is 159 Å². The van der Waals surface area contributed by atoms with Crippen LogP contribution in [0.1, 0.15) is 40.0 Å². The van der Waals surface area contributed by atoms with Gasteiger partial charge in [-0.05, 0) is 42.2 Å². The van der Waals surface area contributed by atoms with Crippen LogP contribution in [-0.4, -0.2) is 42.6 Å². The van der Waals surface area contributed by atoms with Gasteiger partial charge < -0.3 is 14.4 Å². The number of para-hydroxylation sites is 1. The highest BCUT2D eigenvalue weighted by Crippen LogP contribution is 2.52. The molecule has 0 spiro atoms. The van der Waals surface area contributed by atoms with E-state index in [1.54, 1.807) is 24.3 Å². The number of hydrogen-bond acceptors (Lipinski definition) is 4. The first-order valence-corrected chi connectivity index (χ1v) is 9.38. The number of ether oxygens (including phenoxy) is 2. The van der Waals surface area contributed by atoms with Crippen LogP contribution in [0.3, 0.4) is 0 Å². The number of benzene rings is 1. The lowest BCUT2D eigenvalue weighted by atomic mass is 9.65. The quantitative estimate of drug-likeness (QED) is 0.732. The highest BCUT2D eigenvalue weighted by Gasteiger charge is 2.50. The average molecular weight is 380 g/mol. The Morgan fingerprint density at radius 2 is 1.92 bits per heavy atom. The number of hydrogen-bond donors (Lipinski definition) is 0.